The number of amides is 1. The molecule has 1 amide bonds. The van der Waals surface area contributed by atoms with Crippen LogP contribution in [-0.2, 0) is 10.3 Å². The van der Waals surface area contributed by atoms with E-state index in [4.69, 9.17) is 32.5 Å². The van der Waals surface area contributed by atoms with Crippen LogP contribution in [0.2, 0.25) is 10.0 Å². The van der Waals surface area contributed by atoms with Gasteiger partial charge in [0.15, 0.2) is 5.82 Å². The summed E-state index contributed by atoms with van der Waals surface area (Å²) in [4.78, 5) is 16.9. The van der Waals surface area contributed by atoms with Gasteiger partial charge in [-0.2, -0.15) is 4.98 Å². The molecule has 1 aromatic heterocycles. The molecule has 0 aliphatic heterocycles. The molecule has 0 unspecified atom stereocenters. The summed E-state index contributed by atoms with van der Waals surface area (Å²) >= 11 is 11.9. The first-order valence-electron chi connectivity index (χ1n) is 9.18. The molecular formula is C19H23Cl2N3O3. The molecule has 1 heterocycles. The Morgan fingerprint density at radius 3 is 2.74 bits per heavy atom. The Morgan fingerprint density at radius 2 is 2.07 bits per heavy atom. The highest BCUT2D eigenvalue weighted by Crippen LogP contribution is 2.35. The maximum absolute atomic E-state index is 12.5. The molecule has 1 aliphatic carbocycles. The van der Waals surface area contributed by atoms with E-state index < -0.39 is 5.54 Å². The van der Waals surface area contributed by atoms with E-state index in [9.17, 15) is 4.79 Å². The van der Waals surface area contributed by atoms with E-state index in [0.29, 0.717) is 47.0 Å². The van der Waals surface area contributed by atoms with Crippen molar-refractivity contribution >= 4 is 29.1 Å². The Balaban J connectivity index is 1.52. The van der Waals surface area contributed by atoms with Crippen LogP contribution in [0.25, 0.3) is 0 Å². The van der Waals surface area contributed by atoms with Crippen molar-refractivity contribution in [3.63, 3.8) is 0 Å². The van der Waals surface area contributed by atoms with Gasteiger partial charge in [0, 0.05) is 18.4 Å². The van der Waals surface area contributed by atoms with E-state index in [2.05, 4.69) is 15.5 Å². The first-order valence-corrected chi connectivity index (χ1v) is 9.94. The average Bonchev–Trinajstić information content (AvgIpc) is 3.08. The molecular weight excluding hydrogens is 389 g/mol. The lowest BCUT2D eigenvalue weighted by Crippen LogP contribution is -2.48. The van der Waals surface area contributed by atoms with Gasteiger partial charge in [-0.15, -0.1) is 0 Å². The van der Waals surface area contributed by atoms with Gasteiger partial charge in [0.2, 0.25) is 11.8 Å². The van der Waals surface area contributed by atoms with E-state index in [1.165, 1.54) is 0 Å². The number of carbonyl (C=O) groups excluding carboxylic acids is 1. The lowest BCUT2D eigenvalue weighted by Gasteiger charge is -2.35. The zero-order chi connectivity index (χ0) is 19.3. The second-order valence-corrected chi connectivity index (χ2v) is 7.70. The molecule has 0 radical (unpaired) electrons. The van der Waals surface area contributed by atoms with Crippen LogP contribution in [0.5, 0.6) is 5.75 Å². The van der Waals surface area contributed by atoms with Gasteiger partial charge in [0.25, 0.3) is 0 Å². The smallest absolute Gasteiger partial charge is 0.223 e. The predicted octanol–water partition coefficient (Wildman–Crippen LogP) is 4.82. The number of aromatic nitrogens is 2. The van der Waals surface area contributed by atoms with Crippen LogP contribution in [0.4, 0.5) is 0 Å². The van der Waals surface area contributed by atoms with Gasteiger partial charge in [0.1, 0.15) is 11.3 Å². The van der Waals surface area contributed by atoms with Crippen LogP contribution in [0.15, 0.2) is 22.7 Å². The van der Waals surface area contributed by atoms with Crippen LogP contribution in [-0.4, -0.2) is 22.7 Å². The molecule has 1 N–H and O–H groups in total. The molecule has 0 bridgehead atoms. The SMILES string of the molecule is Cc1nc(C2(NC(=O)CCCOc3ccc(Cl)cc3Cl)CCCCC2)no1. The predicted molar refractivity (Wildman–Crippen MR) is 103 cm³/mol. The van der Waals surface area contributed by atoms with Gasteiger partial charge >= 0.3 is 0 Å². The van der Waals surface area contributed by atoms with Crippen LogP contribution < -0.4 is 10.1 Å². The summed E-state index contributed by atoms with van der Waals surface area (Å²) < 4.78 is 10.8. The third-order valence-corrected chi connectivity index (χ3v) is 5.27. The molecule has 146 valence electrons. The number of rotatable bonds is 7. The number of nitrogens with zero attached hydrogens (tertiary/aromatic N) is 2. The third kappa shape index (κ3) is 5.14. The number of carbonyl (C=O) groups is 1. The fourth-order valence-electron chi connectivity index (χ4n) is 3.39. The summed E-state index contributed by atoms with van der Waals surface area (Å²) in [6.45, 7) is 2.15. The highest BCUT2D eigenvalue weighted by atomic mass is 35.5. The van der Waals surface area contributed by atoms with E-state index in [1.807, 2.05) is 0 Å². The molecule has 2 aromatic rings. The zero-order valence-corrected chi connectivity index (χ0v) is 16.8. The third-order valence-electron chi connectivity index (χ3n) is 4.74. The molecule has 8 heteroatoms. The largest absolute Gasteiger partial charge is 0.492 e. The number of aryl methyl sites for hydroxylation is 1. The van der Waals surface area contributed by atoms with Crippen molar-refractivity contribution in [1.29, 1.82) is 0 Å². The summed E-state index contributed by atoms with van der Waals surface area (Å²) in [6.07, 6.45) is 5.81. The minimum atomic E-state index is -0.520. The standard InChI is InChI=1S/C19H23Cl2N3O3/c1-13-22-18(24-27-13)19(9-3-2-4-10-19)23-17(25)6-5-11-26-16-8-7-14(20)12-15(16)21/h7-8,12H,2-6,9-11H2,1H3,(H,23,25). The number of hydrogen-bond acceptors (Lipinski definition) is 5. The molecule has 0 saturated heterocycles. The maximum Gasteiger partial charge on any atom is 0.223 e. The van der Waals surface area contributed by atoms with Crippen molar-refractivity contribution in [3.05, 3.63) is 40.0 Å². The number of ether oxygens (including phenoxy) is 1. The van der Waals surface area contributed by atoms with Crippen molar-refractivity contribution in [3.8, 4) is 5.75 Å². The van der Waals surface area contributed by atoms with E-state index >= 15 is 0 Å². The van der Waals surface area contributed by atoms with Gasteiger partial charge in [-0.25, -0.2) is 0 Å². The number of nitrogens with one attached hydrogen (secondary N) is 1. The fourth-order valence-corrected chi connectivity index (χ4v) is 3.85. The summed E-state index contributed by atoms with van der Waals surface area (Å²) in [5, 5.41) is 8.24. The number of benzene rings is 1. The zero-order valence-electron chi connectivity index (χ0n) is 15.3. The van der Waals surface area contributed by atoms with Gasteiger partial charge in [-0.3, -0.25) is 4.79 Å². The normalized spacial score (nSPS) is 16.1. The molecule has 6 nitrogen and oxygen atoms in total. The summed E-state index contributed by atoms with van der Waals surface area (Å²) in [6, 6.07) is 5.07. The van der Waals surface area contributed by atoms with Crippen molar-refractivity contribution in [2.24, 2.45) is 0 Å². The van der Waals surface area contributed by atoms with Gasteiger partial charge in [-0.05, 0) is 37.5 Å². The Bertz CT molecular complexity index is 788. The summed E-state index contributed by atoms with van der Waals surface area (Å²) in [7, 11) is 0. The second-order valence-electron chi connectivity index (χ2n) is 6.85. The highest BCUT2D eigenvalue weighted by molar-refractivity contribution is 6.35. The Kier molecular flexibility index (Phi) is 6.60. The maximum atomic E-state index is 12.5. The lowest BCUT2D eigenvalue weighted by atomic mass is 9.81. The number of hydrogen-bond donors (Lipinski definition) is 1. The molecule has 1 aromatic carbocycles. The molecule has 3 rings (SSSR count). The van der Waals surface area contributed by atoms with Crippen molar-refractivity contribution in [2.75, 3.05) is 6.61 Å². The van der Waals surface area contributed by atoms with Crippen LogP contribution in [0.1, 0.15) is 56.7 Å². The van der Waals surface area contributed by atoms with Gasteiger partial charge in [0.05, 0.1) is 11.6 Å². The molecule has 1 fully saturated rings. The Hall–Kier alpha value is -1.79. The van der Waals surface area contributed by atoms with Gasteiger partial charge in [-0.1, -0.05) is 47.6 Å². The van der Waals surface area contributed by atoms with Crippen molar-refractivity contribution in [1.82, 2.24) is 15.5 Å². The van der Waals surface area contributed by atoms with E-state index in [-0.39, 0.29) is 5.91 Å². The van der Waals surface area contributed by atoms with Crippen molar-refractivity contribution < 1.29 is 14.1 Å². The second kappa shape index (κ2) is 8.93. The molecule has 27 heavy (non-hydrogen) atoms. The average molecular weight is 412 g/mol. The number of halogens is 2. The minimum Gasteiger partial charge on any atom is -0.492 e. The first-order chi connectivity index (χ1) is 13.0. The Morgan fingerprint density at radius 1 is 1.30 bits per heavy atom. The van der Waals surface area contributed by atoms with E-state index in [1.54, 1.807) is 25.1 Å². The quantitative estimate of drug-likeness (QED) is 0.660. The molecule has 1 aliphatic rings. The topological polar surface area (TPSA) is 77.2 Å². The first kappa shape index (κ1) is 20.0. The Labute approximate surface area is 168 Å². The molecule has 0 atom stereocenters. The van der Waals surface area contributed by atoms with Crippen LogP contribution >= 0.6 is 23.2 Å². The molecule has 0 spiro atoms. The fraction of sp³-hybridized carbons (Fsp3) is 0.526. The van der Waals surface area contributed by atoms with Gasteiger partial charge < -0.3 is 14.6 Å². The van der Waals surface area contributed by atoms with Crippen LogP contribution in [0.3, 0.4) is 0 Å². The summed E-state index contributed by atoms with van der Waals surface area (Å²) in [5.74, 6) is 1.62. The van der Waals surface area contributed by atoms with Crippen molar-refractivity contribution in [2.45, 2.75) is 57.4 Å². The monoisotopic (exact) mass is 411 g/mol. The lowest BCUT2D eigenvalue weighted by molar-refractivity contribution is -0.124. The summed E-state index contributed by atoms with van der Waals surface area (Å²) in [5.41, 5.74) is -0.520. The minimum absolute atomic E-state index is 0.0369. The molecule has 1 saturated carbocycles. The van der Waals surface area contributed by atoms with E-state index in [0.717, 1.165) is 32.1 Å². The highest BCUT2D eigenvalue weighted by Gasteiger charge is 2.39. The van der Waals surface area contributed by atoms with Crippen LogP contribution in [0, 0.1) is 6.92 Å².